The highest BCUT2D eigenvalue weighted by atomic mass is 16.3. The van der Waals surface area contributed by atoms with Crippen LogP contribution in [0, 0.1) is 11.8 Å². The number of aliphatic hydroxyl groups is 1. The van der Waals surface area contributed by atoms with Gasteiger partial charge in [-0.15, -0.1) is 0 Å². The number of nitrogens with one attached hydrogen (secondary N) is 1. The summed E-state index contributed by atoms with van der Waals surface area (Å²) >= 11 is 0. The zero-order valence-corrected chi connectivity index (χ0v) is 9.79. The molecular formula is C12H25NO. The second-order valence-electron chi connectivity index (χ2n) is 5.07. The minimum atomic E-state index is -0.112. The van der Waals surface area contributed by atoms with Gasteiger partial charge in [0.1, 0.15) is 0 Å². The zero-order chi connectivity index (χ0) is 10.6. The van der Waals surface area contributed by atoms with Crippen LogP contribution in [0.3, 0.4) is 0 Å². The highest BCUT2D eigenvalue weighted by Gasteiger charge is 2.21. The van der Waals surface area contributed by atoms with Crippen molar-refractivity contribution in [3.63, 3.8) is 0 Å². The van der Waals surface area contributed by atoms with Gasteiger partial charge in [0.05, 0.1) is 6.10 Å². The fourth-order valence-electron chi connectivity index (χ4n) is 2.17. The predicted molar refractivity (Wildman–Crippen MR) is 60.3 cm³/mol. The first-order valence-electron chi connectivity index (χ1n) is 6.02. The molecule has 0 bridgehead atoms. The SMILES string of the molecule is CC(C)[C@H](O)CC[C@@H](C)[C@@H]1CCCN1. The van der Waals surface area contributed by atoms with Crippen molar-refractivity contribution in [2.24, 2.45) is 11.8 Å². The van der Waals surface area contributed by atoms with Crippen molar-refractivity contribution in [3.05, 3.63) is 0 Å². The maximum atomic E-state index is 9.70. The Labute approximate surface area is 88.1 Å². The molecule has 0 aliphatic carbocycles. The fraction of sp³-hybridized carbons (Fsp3) is 1.00. The Bertz CT molecular complexity index is 152. The first kappa shape index (κ1) is 12.0. The summed E-state index contributed by atoms with van der Waals surface area (Å²) in [5, 5.41) is 13.2. The largest absolute Gasteiger partial charge is 0.393 e. The van der Waals surface area contributed by atoms with Gasteiger partial charge in [-0.1, -0.05) is 20.8 Å². The fourth-order valence-corrected chi connectivity index (χ4v) is 2.17. The topological polar surface area (TPSA) is 32.3 Å². The molecule has 1 aliphatic rings. The number of hydrogen-bond acceptors (Lipinski definition) is 2. The van der Waals surface area contributed by atoms with Gasteiger partial charge in [-0.05, 0) is 44.1 Å². The lowest BCUT2D eigenvalue weighted by molar-refractivity contribution is 0.107. The van der Waals surface area contributed by atoms with Crippen LogP contribution in [0.15, 0.2) is 0 Å². The second-order valence-corrected chi connectivity index (χ2v) is 5.07. The Morgan fingerprint density at radius 1 is 1.29 bits per heavy atom. The molecule has 0 unspecified atom stereocenters. The summed E-state index contributed by atoms with van der Waals surface area (Å²) in [6.07, 6.45) is 4.63. The lowest BCUT2D eigenvalue weighted by Gasteiger charge is -2.22. The Kier molecular flexibility index (Phi) is 4.90. The minimum Gasteiger partial charge on any atom is -0.393 e. The standard InChI is InChI=1S/C12H25NO/c1-9(2)12(14)7-6-10(3)11-5-4-8-13-11/h9-14H,4-8H2,1-3H3/t10-,11+,12-/m1/s1. The molecule has 3 atom stereocenters. The van der Waals surface area contributed by atoms with Gasteiger partial charge in [0.2, 0.25) is 0 Å². The van der Waals surface area contributed by atoms with Gasteiger partial charge in [0, 0.05) is 6.04 Å². The second kappa shape index (κ2) is 5.72. The van der Waals surface area contributed by atoms with E-state index >= 15 is 0 Å². The van der Waals surface area contributed by atoms with Crippen LogP contribution in [0.1, 0.15) is 46.5 Å². The molecule has 1 heterocycles. The van der Waals surface area contributed by atoms with Crippen molar-refractivity contribution in [2.75, 3.05) is 6.54 Å². The van der Waals surface area contributed by atoms with Crippen LogP contribution in [-0.2, 0) is 0 Å². The van der Waals surface area contributed by atoms with Crippen LogP contribution >= 0.6 is 0 Å². The summed E-state index contributed by atoms with van der Waals surface area (Å²) in [7, 11) is 0. The smallest absolute Gasteiger partial charge is 0.0563 e. The lowest BCUT2D eigenvalue weighted by atomic mass is 9.91. The first-order valence-corrected chi connectivity index (χ1v) is 6.02. The van der Waals surface area contributed by atoms with E-state index in [0.717, 1.165) is 12.8 Å². The molecule has 1 rings (SSSR count). The van der Waals surface area contributed by atoms with Crippen molar-refractivity contribution in [2.45, 2.75) is 58.6 Å². The Balaban J connectivity index is 2.16. The van der Waals surface area contributed by atoms with E-state index in [1.165, 1.54) is 19.4 Å². The molecule has 0 amide bonds. The molecule has 2 heteroatoms. The van der Waals surface area contributed by atoms with E-state index in [-0.39, 0.29) is 6.10 Å². The molecule has 2 nitrogen and oxygen atoms in total. The summed E-state index contributed by atoms with van der Waals surface area (Å²) in [4.78, 5) is 0. The molecule has 14 heavy (non-hydrogen) atoms. The molecule has 2 N–H and O–H groups in total. The van der Waals surface area contributed by atoms with Crippen molar-refractivity contribution < 1.29 is 5.11 Å². The first-order chi connectivity index (χ1) is 6.61. The Hall–Kier alpha value is -0.0800. The third-order valence-electron chi connectivity index (χ3n) is 3.47. The van der Waals surface area contributed by atoms with Gasteiger partial charge < -0.3 is 10.4 Å². The monoisotopic (exact) mass is 199 g/mol. The van der Waals surface area contributed by atoms with Crippen molar-refractivity contribution in [1.29, 1.82) is 0 Å². The summed E-state index contributed by atoms with van der Waals surface area (Å²) in [6.45, 7) is 7.66. The molecule has 0 radical (unpaired) electrons. The van der Waals surface area contributed by atoms with E-state index in [1.807, 2.05) is 0 Å². The summed E-state index contributed by atoms with van der Waals surface area (Å²) in [5.41, 5.74) is 0. The van der Waals surface area contributed by atoms with Crippen LogP contribution in [0.2, 0.25) is 0 Å². The van der Waals surface area contributed by atoms with E-state index in [4.69, 9.17) is 0 Å². The molecule has 0 spiro atoms. The van der Waals surface area contributed by atoms with Gasteiger partial charge in [-0.3, -0.25) is 0 Å². The summed E-state index contributed by atoms with van der Waals surface area (Å²) in [6, 6.07) is 0.703. The zero-order valence-electron chi connectivity index (χ0n) is 9.79. The third-order valence-corrected chi connectivity index (χ3v) is 3.47. The van der Waals surface area contributed by atoms with Crippen LogP contribution in [-0.4, -0.2) is 23.8 Å². The van der Waals surface area contributed by atoms with Gasteiger partial charge in [0.25, 0.3) is 0 Å². The van der Waals surface area contributed by atoms with Crippen molar-refractivity contribution in [1.82, 2.24) is 5.32 Å². The van der Waals surface area contributed by atoms with Gasteiger partial charge in [-0.2, -0.15) is 0 Å². The molecule has 1 aliphatic heterocycles. The van der Waals surface area contributed by atoms with Crippen molar-refractivity contribution in [3.8, 4) is 0 Å². The van der Waals surface area contributed by atoms with E-state index in [1.54, 1.807) is 0 Å². The van der Waals surface area contributed by atoms with Crippen LogP contribution in [0.25, 0.3) is 0 Å². The Morgan fingerprint density at radius 3 is 2.50 bits per heavy atom. The number of aliphatic hydroxyl groups excluding tert-OH is 1. The molecule has 0 saturated carbocycles. The maximum Gasteiger partial charge on any atom is 0.0563 e. The molecule has 84 valence electrons. The normalized spacial score (nSPS) is 26.8. The van der Waals surface area contributed by atoms with E-state index in [0.29, 0.717) is 17.9 Å². The molecule has 1 saturated heterocycles. The maximum absolute atomic E-state index is 9.70. The highest BCUT2D eigenvalue weighted by Crippen LogP contribution is 2.21. The number of hydrogen-bond donors (Lipinski definition) is 2. The lowest BCUT2D eigenvalue weighted by Crippen LogP contribution is -2.29. The number of rotatable bonds is 5. The Morgan fingerprint density at radius 2 is 2.00 bits per heavy atom. The molecule has 1 fully saturated rings. The average molecular weight is 199 g/mol. The molecule has 0 aromatic heterocycles. The molecule has 0 aromatic carbocycles. The average Bonchev–Trinajstić information content (AvgIpc) is 2.66. The highest BCUT2D eigenvalue weighted by molar-refractivity contribution is 4.79. The molecular weight excluding hydrogens is 174 g/mol. The van der Waals surface area contributed by atoms with Gasteiger partial charge in [-0.25, -0.2) is 0 Å². The summed E-state index contributed by atoms with van der Waals surface area (Å²) < 4.78 is 0. The van der Waals surface area contributed by atoms with Gasteiger partial charge >= 0.3 is 0 Å². The van der Waals surface area contributed by atoms with E-state index in [9.17, 15) is 5.11 Å². The van der Waals surface area contributed by atoms with Crippen molar-refractivity contribution >= 4 is 0 Å². The predicted octanol–water partition coefficient (Wildman–Crippen LogP) is 2.17. The van der Waals surface area contributed by atoms with Crippen LogP contribution in [0.4, 0.5) is 0 Å². The van der Waals surface area contributed by atoms with Crippen LogP contribution < -0.4 is 5.32 Å². The summed E-state index contributed by atoms with van der Waals surface area (Å²) in [5.74, 6) is 1.12. The van der Waals surface area contributed by atoms with Gasteiger partial charge in [0.15, 0.2) is 0 Å². The molecule has 0 aromatic rings. The third kappa shape index (κ3) is 3.58. The van der Waals surface area contributed by atoms with E-state index in [2.05, 4.69) is 26.1 Å². The van der Waals surface area contributed by atoms with E-state index < -0.39 is 0 Å². The minimum absolute atomic E-state index is 0.112. The quantitative estimate of drug-likeness (QED) is 0.711. The van der Waals surface area contributed by atoms with Crippen LogP contribution in [0.5, 0.6) is 0 Å².